The molecule has 2 aliphatic rings. The first kappa shape index (κ1) is 6.31. The lowest BCUT2D eigenvalue weighted by atomic mass is 10.0. The van der Waals surface area contributed by atoms with Crippen LogP contribution in [0, 0.1) is 5.92 Å². The van der Waals surface area contributed by atoms with E-state index >= 15 is 0 Å². The maximum Gasteiger partial charge on any atom is 0.138 e. The molecule has 1 aliphatic heterocycles. The number of Topliss-reactive ketones (excluding diaryl/α,β-unsaturated/α-hetero) is 1. The van der Waals surface area contributed by atoms with Crippen molar-refractivity contribution >= 4 is 5.78 Å². The van der Waals surface area contributed by atoms with Gasteiger partial charge < -0.3 is 0 Å². The Labute approximate surface area is 59.7 Å². The zero-order valence-corrected chi connectivity index (χ0v) is 5.80. The van der Waals surface area contributed by atoms with Crippen molar-refractivity contribution in [2.75, 3.05) is 6.54 Å². The maximum absolute atomic E-state index is 11.1. The number of carbonyl (C=O) groups is 1. The summed E-state index contributed by atoms with van der Waals surface area (Å²) in [5.41, 5.74) is 2.82. The van der Waals surface area contributed by atoms with Crippen LogP contribution in [0.2, 0.25) is 0 Å². The predicted molar refractivity (Wildman–Crippen MR) is 35.2 cm³/mol. The summed E-state index contributed by atoms with van der Waals surface area (Å²) in [6.45, 7) is 0.826. The van der Waals surface area contributed by atoms with Crippen LogP contribution >= 0.6 is 0 Å². The number of hydroxylamine groups is 1. The van der Waals surface area contributed by atoms with Crippen molar-refractivity contribution < 1.29 is 9.63 Å². The number of nitrogens with one attached hydrogen (secondary N) is 1. The molecular weight excluding hydrogens is 130 g/mol. The molecule has 10 heavy (non-hydrogen) atoms. The summed E-state index contributed by atoms with van der Waals surface area (Å²) in [6.07, 6.45) is 2.78. The van der Waals surface area contributed by atoms with Gasteiger partial charge in [-0.05, 0) is 12.8 Å². The van der Waals surface area contributed by atoms with Crippen LogP contribution in [0.4, 0.5) is 0 Å². The molecule has 56 valence electrons. The minimum Gasteiger partial charge on any atom is -0.299 e. The van der Waals surface area contributed by atoms with E-state index in [1.807, 2.05) is 0 Å². The van der Waals surface area contributed by atoms with Crippen LogP contribution in [-0.2, 0) is 9.63 Å². The van der Waals surface area contributed by atoms with Crippen molar-refractivity contribution in [2.24, 2.45) is 5.92 Å². The Morgan fingerprint density at radius 3 is 3.20 bits per heavy atom. The van der Waals surface area contributed by atoms with Crippen molar-refractivity contribution in [1.29, 1.82) is 0 Å². The topological polar surface area (TPSA) is 38.3 Å². The number of hydrogen-bond donors (Lipinski definition) is 1. The minimum atomic E-state index is 0.182. The smallest absolute Gasteiger partial charge is 0.138 e. The lowest BCUT2D eigenvalue weighted by Crippen LogP contribution is -2.37. The average Bonchev–Trinajstić information content (AvgIpc) is 2.34. The summed E-state index contributed by atoms with van der Waals surface area (Å²) in [4.78, 5) is 16.3. The molecular formula is C7H11NO2. The van der Waals surface area contributed by atoms with E-state index in [1.165, 1.54) is 0 Å². The van der Waals surface area contributed by atoms with Crippen molar-refractivity contribution in [3.05, 3.63) is 0 Å². The minimum absolute atomic E-state index is 0.182. The first-order valence-corrected chi connectivity index (χ1v) is 3.79. The first-order chi connectivity index (χ1) is 4.88. The predicted octanol–water partition coefficient (Wildman–Crippen LogP) is 0.259. The van der Waals surface area contributed by atoms with Gasteiger partial charge >= 0.3 is 0 Å². The summed E-state index contributed by atoms with van der Waals surface area (Å²) < 4.78 is 0. The fourth-order valence-corrected chi connectivity index (χ4v) is 1.75. The van der Waals surface area contributed by atoms with Gasteiger partial charge in [0.15, 0.2) is 0 Å². The molecule has 3 nitrogen and oxygen atoms in total. The fourth-order valence-electron chi connectivity index (χ4n) is 1.75. The van der Waals surface area contributed by atoms with Crippen molar-refractivity contribution in [3.63, 3.8) is 0 Å². The Kier molecular flexibility index (Phi) is 1.47. The van der Waals surface area contributed by atoms with Gasteiger partial charge in [0.05, 0.1) is 6.10 Å². The molecule has 2 fully saturated rings. The van der Waals surface area contributed by atoms with Crippen LogP contribution in [0.5, 0.6) is 0 Å². The number of hydrogen-bond acceptors (Lipinski definition) is 3. The molecule has 2 unspecified atom stereocenters. The highest BCUT2D eigenvalue weighted by molar-refractivity contribution is 5.83. The number of fused-ring (bicyclic) bond motifs is 1. The zero-order chi connectivity index (χ0) is 6.97. The van der Waals surface area contributed by atoms with Gasteiger partial charge in [-0.25, -0.2) is 5.48 Å². The second-order valence-electron chi connectivity index (χ2n) is 2.95. The Morgan fingerprint density at radius 2 is 2.40 bits per heavy atom. The maximum atomic E-state index is 11.1. The van der Waals surface area contributed by atoms with Crippen molar-refractivity contribution in [1.82, 2.24) is 5.48 Å². The third-order valence-electron chi connectivity index (χ3n) is 2.33. The first-order valence-electron chi connectivity index (χ1n) is 3.79. The quantitative estimate of drug-likeness (QED) is 0.526. The molecule has 3 heteroatoms. The standard InChI is InChI=1S/C7H11NO2/c9-6-1-2-7-5(6)3-4-8-10-7/h5,7-8H,1-4H2. The van der Waals surface area contributed by atoms with Crippen molar-refractivity contribution in [2.45, 2.75) is 25.4 Å². The molecule has 1 N–H and O–H groups in total. The molecule has 2 atom stereocenters. The van der Waals surface area contributed by atoms with Crippen LogP contribution in [0.25, 0.3) is 0 Å². The Balaban J connectivity index is 2.08. The number of rotatable bonds is 0. The van der Waals surface area contributed by atoms with Crippen LogP contribution in [-0.4, -0.2) is 18.4 Å². The monoisotopic (exact) mass is 141 g/mol. The number of carbonyl (C=O) groups excluding carboxylic acids is 1. The fraction of sp³-hybridized carbons (Fsp3) is 0.857. The van der Waals surface area contributed by atoms with Gasteiger partial charge in [-0.1, -0.05) is 0 Å². The second-order valence-corrected chi connectivity index (χ2v) is 2.95. The average molecular weight is 141 g/mol. The van der Waals surface area contributed by atoms with E-state index < -0.39 is 0 Å². The highest BCUT2D eigenvalue weighted by Crippen LogP contribution is 2.28. The molecule has 1 aliphatic carbocycles. The van der Waals surface area contributed by atoms with E-state index in [0.29, 0.717) is 5.78 Å². The van der Waals surface area contributed by atoms with Gasteiger partial charge in [0, 0.05) is 18.9 Å². The largest absolute Gasteiger partial charge is 0.299 e. The zero-order valence-electron chi connectivity index (χ0n) is 5.80. The molecule has 0 aromatic rings. The van der Waals surface area contributed by atoms with E-state index in [1.54, 1.807) is 0 Å². The second kappa shape index (κ2) is 2.32. The summed E-state index contributed by atoms with van der Waals surface area (Å²) in [5.74, 6) is 0.604. The Morgan fingerprint density at radius 1 is 1.50 bits per heavy atom. The van der Waals surface area contributed by atoms with Crippen LogP contribution in [0.3, 0.4) is 0 Å². The molecule has 2 rings (SSSR count). The molecule has 0 spiro atoms. The lowest BCUT2D eigenvalue weighted by Gasteiger charge is -2.24. The van der Waals surface area contributed by atoms with Gasteiger partial charge in [0.1, 0.15) is 5.78 Å². The van der Waals surface area contributed by atoms with Gasteiger partial charge in [0.2, 0.25) is 0 Å². The van der Waals surface area contributed by atoms with E-state index in [9.17, 15) is 4.79 Å². The molecule has 1 saturated carbocycles. The van der Waals surface area contributed by atoms with E-state index in [-0.39, 0.29) is 12.0 Å². The Hall–Kier alpha value is -0.410. The summed E-state index contributed by atoms with van der Waals surface area (Å²) in [5, 5.41) is 0. The molecule has 0 amide bonds. The van der Waals surface area contributed by atoms with Crippen LogP contribution < -0.4 is 5.48 Å². The normalized spacial score (nSPS) is 39.8. The van der Waals surface area contributed by atoms with Gasteiger partial charge in [-0.3, -0.25) is 9.63 Å². The van der Waals surface area contributed by atoms with Gasteiger partial charge in [-0.15, -0.1) is 0 Å². The highest BCUT2D eigenvalue weighted by Gasteiger charge is 2.37. The molecule has 0 radical (unpaired) electrons. The lowest BCUT2D eigenvalue weighted by molar-refractivity contribution is -0.129. The summed E-state index contributed by atoms with van der Waals surface area (Å²) >= 11 is 0. The van der Waals surface area contributed by atoms with Crippen molar-refractivity contribution in [3.8, 4) is 0 Å². The van der Waals surface area contributed by atoms with E-state index in [0.717, 1.165) is 25.8 Å². The van der Waals surface area contributed by atoms with Crippen LogP contribution in [0.15, 0.2) is 0 Å². The third-order valence-corrected chi connectivity index (χ3v) is 2.33. The Bertz CT molecular complexity index is 158. The molecule has 0 bridgehead atoms. The molecule has 1 saturated heterocycles. The molecule has 0 aromatic heterocycles. The van der Waals surface area contributed by atoms with Gasteiger partial charge in [-0.2, -0.15) is 0 Å². The highest BCUT2D eigenvalue weighted by atomic mass is 16.7. The summed E-state index contributed by atoms with van der Waals surface area (Å²) in [7, 11) is 0. The summed E-state index contributed by atoms with van der Waals surface area (Å²) in [6, 6.07) is 0. The van der Waals surface area contributed by atoms with E-state index in [2.05, 4.69) is 5.48 Å². The SMILES string of the molecule is O=C1CCC2ONCCC12. The van der Waals surface area contributed by atoms with E-state index in [4.69, 9.17) is 4.84 Å². The van der Waals surface area contributed by atoms with Crippen LogP contribution in [0.1, 0.15) is 19.3 Å². The molecule has 1 heterocycles. The third kappa shape index (κ3) is 0.859. The van der Waals surface area contributed by atoms with Gasteiger partial charge in [0.25, 0.3) is 0 Å². The molecule has 0 aromatic carbocycles. The number of ketones is 1.